The fourth-order valence-corrected chi connectivity index (χ4v) is 3.76. The van der Waals surface area contributed by atoms with Gasteiger partial charge < -0.3 is 25.5 Å². The molecule has 8 nitrogen and oxygen atoms in total. The highest BCUT2D eigenvalue weighted by Gasteiger charge is 2.26. The van der Waals surface area contributed by atoms with Crippen molar-refractivity contribution in [1.29, 1.82) is 0 Å². The van der Waals surface area contributed by atoms with Gasteiger partial charge in [-0.05, 0) is 37.8 Å². The molecule has 0 spiro atoms. The monoisotopic (exact) mass is 398 g/mol. The topological polar surface area (TPSA) is 119 Å². The van der Waals surface area contributed by atoms with Gasteiger partial charge >= 0.3 is 0 Å². The van der Waals surface area contributed by atoms with E-state index in [4.69, 9.17) is 10.5 Å². The molecule has 29 heavy (non-hydrogen) atoms. The summed E-state index contributed by atoms with van der Waals surface area (Å²) in [6.45, 7) is 1.61. The summed E-state index contributed by atoms with van der Waals surface area (Å²) in [4.78, 5) is 29.8. The minimum atomic E-state index is -1.32. The highest BCUT2D eigenvalue weighted by Crippen LogP contribution is 2.34. The Labute approximate surface area is 169 Å². The maximum atomic E-state index is 12.9. The number of nitrogens with one attached hydrogen (secondary N) is 1. The minimum absolute atomic E-state index is 0.0583. The van der Waals surface area contributed by atoms with E-state index in [1.54, 1.807) is 23.6 Å². The van der Waals surface area contributed by atoms with Crippen LogP contribution < -0.4 is 16.5 Å². The fraction of sp³-hybridized carbons (Fsp3) is 0.476. The van der Waals surface area contributed by atoms with Crippen molar-refractivity contribution in [3.05, 3.63) is 33.6 Å². The Morgan fingerprint density at radius 1 is 1.45 bits per heavy atom. The first-order chi connectivity index (χ1) is 13.8. The van der Waals surface area contributed by atoms with E-state index in [9.17, 15) is 14.7 Å². The van der Waals surface area contributed by atoms with Gasteiger partial charge in [0.05, 0.1) is 12.0 Å². The Morgan fingerprint density at radius 3 is 2.76 bits per heavy atom. The van der Waals surface area contributed by atoms with Gasteiger partial charge in [0, 0.05) is 20.2 Å². The number of hydrogen-bond acceptors (Lipinski definition) is 6. The number of pyridine rings is 2. The number of ether oxygens (including phenoxy) is 1. The molecule has 1 amide bonds. The van der Waals surface area contributed by atoms with Crippen LogP contribution in [0.25, 0.3) is 11.0 Å². The second kappa shape index (κ2) is 8.23. The smallest absolute Gasteiger partial charge is 0.258 e. The molecule has 0 bridgehead atoms. The molecule has 2 heterocycles. The Morgan fingerprint density at radius 2 is 2.14 bits per heavy atom. The van der Waals surface area contributed by atoms with Crippen molar-refractivity contribution < 1.29 is 14.6 Å². The van der Waals surface area contributed by atoms with Crippen molar-refractivity contribution in [3.8, 4) is 11.8 Å². The Bertz CT molecular complexity index is 1060. The van der Waals surface area contributed by atoms with Crippen LogP contribution in [0.1, 0.15) is 54.7 Å². The fourth-order valence-electron chi connectivity index (χ4n) is 3.76. The minimum Gasteiger partial charge on any atom is -0.384 e. The maximum absolute atomic E-state index is 12.9. The first-order valence-electron chi connectivity index (χ1n) is 9.60. The highest BCUT2D eigenvalue weighted by atomic mass is 16.5. The summed E-state index contributed by atoms with van der Waals surface area (Å²) in [6.07, 6.45) is 3.89. The Hall–Kier alpha value is -2.89. The third kappa shape index (κ3) is 4.11. The van der Waals surface area contributed by atoms with E-state index in [1.807, 2.05) is 0 Å². The van der Waals surface area contributed by atoms with Crippen LogP contribution in [0.3, 0.4) is 0 Å². The molecular formula is C21H26N4O4. The van der Waals surface area contributed by atoms with Gasteiger partial charge in [-0.25, -0.2) is 4.98 Å². The largest absolute Gasteiger partial charge is 0.384 e. The average Bonchev–Trinajstić information content (AvgIpc) is 3.20. The molecule has 2 aromatic heterocycles. The van der Waals surface area contributed by atoms with Crippen LogP contribution in [-0.4, -0.2) is 46.9 Å². The first kappa shape index (κ1) is 20.8. The molecular weight excluding hydrogens is 372 g/mol. The summed E-state index contributed by atoms with van der Waals surface area (Å²) in [6, 6.07) is 3.27. The molecule has 1 atom stereocenters. The average molecular weight is 398 g/mol. The third-order valence-electron chi connectivity index (χ3n) is 5.12. The number of anilines is 1. The predicted molar refractivity (Wildman–Crippen MR) is 111 cm³/mol. The van der Waals surface area contributed by atoms with Crippen LogP contribution in [-0.2, 0) is 4.74 Å². The first-order valence-corrected chi connectivity index (χ1v) is 9.60. The molecule has 4 N–H and O–H groups in total. The summed E-state index contributed by atoms with van der Waals surface area (Å²) < 4.78 is 6.76. The van der Waals surface area contributed by atoms with Crippen molar-refractivity contribution in [3.63, 3.8) is 0 Å². The summed E-state index contributed by atoms with van der Waals surface area (Å²) >= 11 is 0. The van der Waals surface area contributed by atoms with Crippen LogP contribution >= 0.6 is 0 Å². The van der Waals surface area contributed by atoms with Crippen LogP contribution in [0.5, 0.6) is 0 Å². The van der Waals surface area contributed by atoms with Gasteiger partial charge in [0.2, 0.25) is 5.43 Å². The van der Waals surface area contributed by atoms with Crippen LogP contribution in [0.15, 0.2) is 16.9 Å². The van der Waals surface area contributed by atoms with Crippen molar-refractivity contribution in [1.82, 2.24) is 14.9 Å². The third-order valence-corrected chi connectivity index (χ3v) is 5.12. The van der Waals surface area contributed by atoms with Crippen LogP contribution in [0.4, 0.5) is 5.82 Å². The zero-order valence-electron chi connectivity index (χ0n) is 16.9. The van der Waals surface area contributed by atoms with Gasteiger partial charge in [0.25, 0.3) is 5.91 Å². The summed E-state index contributed by atoms with van der Waals surface area (Å²) in [7, 11) is 2.95. The normalized spacial score (nSPS) is 16.3. The SMILES string of the molecule is CNC(=O)c1c(N)n(C2CCCC2)c2nc(C#CC(C)(O)COC)ccc2c1=O. The lowest BCUT2D eigenvalue weighted by atomic mass is 10.1. The maximum Gasteiger partial charge on any atom is 0.258 e. The standard InChI is InChI=1S/C21H26N4O4/c1-21(28,12-29-3)11-10-13-8-9-15-17(26)16(20(27)23-2)18(22)25(19(15)24-13)14-6-4-5-7-14/h8-9,14,28H,4-7,12,22H2,1-3H3,(H,23,27). The summed E-state index contributed by atoms with van der Waals surface area (Å²) in [5.41, 5.74) is 5.28. The lowest BCUT2D eigenvalue weighted by Crippen LogP contribution is -2.31. The number of carbonyl (C=O) groups excluding carboxylic acids is 1. The van der Waals surface area contributed by atoms with E-state index < -0.39 is 16.9 Å². The molecule has 1 aliphatic rings. The number of amides is 1. The van der Waals surface area contributed by atoms with Crippen LogP contribution in [0.2, 0.25) is 0 Å². The number of fused-ring (bicyclic) bond motifs is 1. The molecule has 3 rings (SSSR count). The molecule has 0 aliphatic heterocycles. The van der Waals surface area contributed by atoms with E-state index >= 15 is 0 Å². The second-order valence-corrected chi connectivity index (χ2v) is 7.50. The van der Waals surface area contributed by atoms with Gasteiger partial charge in [-0.2, -0.15) is 0 Å². The lowest BCUT2D eigenvalue weighted by molar-refractivity contribution is 0.0274. The molecule has 1 fully saturated rings. The molecule has 154 valence electrons. The lowest BCUT2D eigenvalue weighted by Gasteiger charge is -2.21. The molecule has 2 aromatic rings. The summed E-state index contributed by atoms with van der Waals surface area (Å²) in [5.74, 6) is 5.18. The number of nitrogens with zero attached hydrogens (tertiary/aromatic N) is 2. The molecule has 1 unspecified atom stereocenters. The van der Waals surface area contributed by atoms with E-state index in [0.29, 0.717) is 16.7 Å². The number of nitrogen functional groups attached to an aromatic ring is 1. The van der Waals surface area contributed by atoms with E-state index in [0.717, 1.165) is 25.7 Å². The molecule has 1 saturated carbocycles. The number of carbonyl (C=O) groups is 1. The Kier molecular flexibility index (Phi) is 5.91. The number of aliphatic hydroxyl groups is 1. The highest BCUT2D eigenvalue weighted by molar-refractivity contribution is 6.01. The van der Waals surface area contributed by atoms with Crippen molar-refractivity contribution >= 4 is 22.8 Å². The molecule has 0 radical (unpaired) electrons. The zero-order chi connectivity index (χ0) is 21.2. The van der Waals surface area contributed by atoms with Gasteiger partial charge in [-0.1, -0.05) is 18.8 Å². The second-order valence-electron chi connectivity index (χ2n) is 7.50. The van der Waals surface area contributed by atoms with Crippen molar-refractivity contribution in [2.75, 3.05) is 26.5 Å². The molecule has 8 heteroatoms. The zero-order valence-corrected chi connectivity index (χ0v) is 16.9. The molecule has 1 aliphatic carbocycles. The van der Waals surface area contributed by atoms with Gasteiger partial charge in [0.1, 0.15) is 28.3 Å². The summed E-state index contributed by atoms with van der Waals surface area (Å²) in [5, 5.41) is 13.0. The number of rotatable bonds is 4. The van der Waals surface area contributed by atoms with Crippen LogP contribution in [0, 0.1) is 11.8 Å². The van der Waals surface area contributed by atoms with Gasteiger partial charge in [-0.15, -0.1) is 0 Å². The van der Waals surface area contributed by atoms with E-state index in [2.05, 4.69) is 22.1 Å². The van der Waals surface area contributed by atoms with Crippen molar-refractivity contribution in [2.24, 2.45) is 0 Å². The molecule has 0 aromatic carbocycles. The Balaban J connectivity index is 2.24. The number of nitrogens with two attached hydrogens (primary N) is 1. The van der Waals surface area contributed by atoms with Gasteiger partial charge in [0.15, 0.2) is 0 Å². The van der Waals surface area contributed by atoms with E-state index in [-0.39, 0.29) is 24.0 Å². The molecule has 0 saturated heterocycles. The number of methoxy groups -OCH3 is 1. The van der Waals surface area contributed by atoms with E-state index in [1.165, 1.54) is 14.2 Å². The van der Waals surface area contributed by atoms with Gasteiger partial charge in [-0.3, -0.25) is 9.59 Å². The number of hydrogen-bond donors (Lipinski definition) is 3. The quantitative estimate of drug-likeness (QED) is 0.666. The number of aromatic nitrogens is 2. The van der Waals surface area contributed by atoms with Crippen molar-refractivity contribution in [2.45, 2.75) is 44.2 Å². The predicted octanol–water partition coefficient (Wildman–Crippen LogP) is 1.20.